The van der Waals surface area contributed by atoms with E-state index in [1.165, 1.54) is 0 Å². The Morgan fingerprint density at radius 1 is 0.471 bits per heavy atom. The number of benzene rings is 1. The highest BCUT2D eigenvalue weighted by Crippen LogP contribution is 1.79. The summed E-state index contributed by atoms with van der Waals surface area (Å²) in [5.41, 5.74) is 0. The Hall–Kier alpha value is -1.58. The van der Waals surface area contributed by atoms with Crippen LogP contribution in [0.1, 0.15) is 0 Å². The summed E-state index contributed by atoms with van der Waals surface area (Å²) in [7, 11) is 0. The molecule has 0 bridgehead atoms. The zero-order valence-corrected chi connectivity index (χ0v) is 10.1. The molecule has 1 aliphatic rings. The number of piperazine rings is 1. The fourth-order valence-electron chi connectivity index (χ4n) is 1.27. The van der Waals surface area contributed by atoms with E-state index < -0.39 is 0 Å². The smallest absolute Gasteiger partial charge is 0.00772 e. The van der Waals surface area contributed by atoms with E-state index in [0.717, 1.165) is 26.2 Å². The summed E-state index contributed by atoms with van der Waals surface area (Å²) in [6, 6.07) is 15.9. The first-order valence-electron chi connectivity index (χ1n) is 5.99. The normalized spacial score (nSPS) is 13.6. The number of nitrogens with one attached hydrogen (secondary N) is 3. The van der Waals surface area contributed by atoms with E-state index in [9.17, 15) is 0 Å². The van der Waals surface area contributed by atoms with Gasteiger partial charge in [-0.25, -0.2) is 0 Å². The minimum absolute atomic E-state index is 1.14. The van der Waals surface area contributed by atoms with Crippen LogP contribution in [-0.4, -0.2) is 31.2 Å². The SMILES string of the molecule is C1CNCCN1.c1cc[nH]c1.c1ccccc1. The zero-order valence-electron chi connectivity index (χ0n) is 10.1. The summed E-state index contributed by atoms with van der Waals surface area (Å²) in [5, 5.41) is 6.44. The van der Waals surface area contributed by atoms with Gasteiger partial charge in [0.1, 0.15) is 0 Å². The molecule has 0 radical (unpaired) electrons. The van der Waals surface area contributed by atoms with E-state index in [1.54, 1.807) is 0 Å². The van der Waals surface area contributed by atoms with Crippen molar-refractivity contribution in [2.45, 2.75) is 0 Å². The molecule has 3 N–H and O–H groups in total. The minimum Gasteiger partial charge on any atom is -0.368 e. The highest BCUT2D eigenvalue weighted by molar-refractivity contribution is 4.99. The first kappa shape index (κ1) is 13.5. The van der Waals surface area contributed by atoms with Gasteiger partial charge in [-0.15, -0.1) is 0 Å². The third-order valence-electron chi connectivity index (χ3n) is 2.12. The monoisotopic (exact) mass is 231 g/mol. The maximum atomic E-state index is 3.22. The van der Waals surface area contributed by atoms with Crippen LogP contribution in [0.5, 0.6) is 0 Å². The van der Waals surface area contributed by atoms with Gasteiger partial charge in [-0.05, 0) is 12.1 Å². The van der Waals surface area contributed by atoms with Crippen molar-refractivity contribution in [2.24, 2.45) is 0 Å². The quantitative estimate of drug-likeness (QED) is 0.648. The number of hydrogen-bond acceptors (Lipinski definition) is 2. The van der Waals surface area contributed by atoms with Crippen molar-refractivity contribution >= 4 is 0 Å². The molecule has 0 aliphatic carbocycles. The topological polar surface area (TPSA) is 39.8 Å². The van der Waals surface area contributed by atoms with Crippen LogP contribution in [0.2, 0.25) is 0 Å². The van der Waals surface area contributed by atoms with Gasteiger partial charge in [0, 0.05) is 38.6 Å². The van der Waals surface area contributed by atoms with Crippen LogP contribution in [0.3, 0.4) is 0 Å². The summed E-state index contributed by atoms with van der Waals surface area (Å²) in [6.07, 6.45) is 3.75. The fraction of sp³-hybridized carbons (Fsp3) is 0.286. The number of H-pyrrole nitrogens is 1. The molecule has 3 rings (SSSR count). The van der Waals surface area contributed by atoms with Crippen LogP contribution in [0.25, 0.3) is 0 Å². The molecule has 0 amide bonds. The molecule has 1 aromatic carbocycles. The Morgan fingerprint density at radius 3 is 1.00 bits per heavy atom. The first-order valence-corrected chi connectivity index (χ1v) is 5.99. The zero-order chi connectivity index (χ0) is 12.0. The van der Waals surface area contributed by atoms with Crippen molar-refractivity contribution in [2.75, 3.05) is 26.2 Å². The van der Waals surface area contributed by atoms with Gasteiger partial charge in [-0.1, -0.05) is 36.4 Å². The lowest BCUT2D eigenvalue weighted by molar-refractivity contribution is 0.534. The summed E-state index contributed by atoms with van der Waals surface area (Å²) in [4.78, 5) is 2.86. The molecule has 0 spiro atoms. The Bertz CT molecular complexity index is 259. The van der Waals surface area contributed by atoms with Crippen molar-refractivity contribution in [1.82, 2.24) is 15.6 Å². The van der Waals surface area contributed by atoms with E-state index in [1.807, 2.05) is 60.9 Å². The van der Waals surface area contributed by atoms with E-state index in [0.29, 0.717) is 0 Å². The third kappa shape index (κ3) is 9.35. The van der Waals surface area contributed by atoms with Crippen LogP contribution in [0, 0.1) is 0 Å². The Labute approximate surface area is 103 Å². The van der Waals surface area contributed by atoms with Gasteiger partial charge in [0.2, 0.25) is 0 Å². The van der Waals surface area contributed by atoms with Gasteiger partial charge in [0.05, 0.1) is 0 Å². The fourth-order valence-corrected chi connectivity index (χ4v) is 1.27. The number of aromatic amines is 1. The van der Waals surface area contributed by atoms with Crippen LogP contribution < -0.4 is 10.6 Å². The van der Waals surface area contributed by atoms with Crippen LogP contribution in [0.15, 0.2) is 60.9 Å². The van der Waals surface area contributed by atoms with Gasteiger partial charge in [0.25, 0.3) is 0 Å². The number of aromatic nitrogens is 1. The molecule has 2 aromatic rings. The van der Waals surface area contributed by atoms with E-state index in [-0.39, 0.29) is 0 Å². The van der Waals surface area contributed by atoms with Gasteiger partial charge < -0.3 is 15.6 Å². The molecular formula is C14H21N3. The number of rotatable bonds is 0. The molecule has 2 heterocycles. The molecule has 92 valence electrons. The lowest BCUT2D eigenvalue weighted by Crippen LogP contribution is -2.39. The van der Waals surface area contributed by atoms with Crippen molar-refractivity contribution in [3.05, 3.63) is 60.9 Å². The molecule has 1 aliphatic heterocycles. The van der Waals surface area contributed by atoms with E-state index in [4.69, 9.17) is 0 Å². The molecule has 0 unspecified atom stereocenters. The average molecular weight is 231 g/mol. The van der Waals surface area contributed by atoms with E-state index >= 15 is 0 Å². The largest absolute Gasteiger partial charge is 0.368 e. The predicted molar refractivity (Wildman–Crippen MR) is 73.0 cm³/mol. The average Bonchev–Trinajstić information content (AvgIpc) is 3.03. The van der Waals surface area contributed by atoms with Crippen LogP contribution >= 0.6 is 0 Å². The lowest BCUT2D eigenvalue weighted by Gasteiger charge is -2.11. The summed E-state index contributed by atoms with van der Waals surface area (Å²) < 4.78 is 0. The standard InChI is InChI=1S/C6H6.C4H10N2.C4H5N/c1-2-4-6-5-3-1;1-2-6-4-3-5-1;1-2-4-5-3-1/h1-6H;5-6H,1-4H2;1-5H. The van der Waals surface area contributed by atoms with E-state index in [2.05, 4.69) is 15.6 Å². The van der Waals surface area contributed by atoms with Crippen molar-refractivity contribution in [3.8, 4) is 0 Å². The van der Waals surface area contributed by atoms with Crippen molar-refractivity contribution < 1.29 is 0 Å². The molecule has 1 fully saturated rings. The van der Waals surface area contributed by atoms with Gasteiger partial charge in [0.15, 0.2) is 0 Å². The van der Waals surface area contributed by atoms with Crippen molar-refractivity contribution in [1.29, 1.82) is 0 Å². The summed E-state index contributed by atoms with van der Waals surface area (Å²) >= 11 is 0. The second-order valence-electron chi connectivity index (χ2n) is 3.54. The Balaban J connectivity index is 0.000000128. The molecule has 3 heteroatoms. The second kappa shape index (κ2) is 10.9. The highest BCUT2D eigenvalue weighted by atomic mass is 15.0. The predicted octanol–water partition coefficient (Wildman–Crippen LogP) is 1.88. The minimum atomic E-state index is 1.14. The molecular weight excluding hydrogens is 210 g/mol. The third-order valence-corrected chi connectivity index (χ3v) is 2.12. The molecule has 3 nitrogen and oxygen atoms in total. The second-order valence-corrected chi connectivity index (χ2v) is 3.54. The summed E-state index contributed by atoms with van der Waals surface area (Å²) in [5.74, 6) is 0. The molecule has 0 saturated carbocycles. The van der Waals surface area contributed by atoms with Crippen molar-refractivity contribution in [3.63, 3.8) is 0 Å². The van der Waals surface area contributed by atoms with Gasteiger partial charge in [-0.3, -0.25) is 0 Å². The van der Waals surface area contributed by atoms with Gasteiger partial charge >= 0.3 is 0 Å². The molecule has 1 saturated heterocycles. The van der Waals surface area contributed by atoms with Crippen LogP contribution in [0.4, 0.5) is 0 Å². The van der Waals surface area contributed by atoms with Gasteiger partial charge in [-0.2, -0.15) is 0 Å². The molecule has 1 aromatic heterocycles. The molecule has 17 heavy (non-hydrogen) atoms. The number of hydrogen-bond donors (Lipinski definition) is 3. The molecule has 0 atom stereocenters. The Morgan fingerprint density at radius 2 is 0.824 bits per heavy atom. The highest BCUT2D eigenvalue weighted by Gasteiger charge is 1.91. The first-order chi connectivity index (χ1) is 8.50. The maximum Gasteiger partial charge on any atom is 0.00772 e. The Kier molecular flexibility index (Phi) is 8.66. The van der Waals surface area contributed by atoms with Crippen LogP contribution in [-0.2, 0) is 0 Å². The maximum absolute atomic E-state index is 3.22. The summed E-state index contributed by atoms with van der Waals surface area (Å²) in [6.45, 7) is 4.56. The lowest BCUT2D eigenvalue weighted by atomic mass is 10.4.